The number of amides is 1. The number of hydrogen-bond donors (Lipinski definition) is 1. The molecular weight excluding hydrogens is 386 g/mol. The first-order valence-corrected chi connectivity index (χ1v) is 10.4. The molecule has 1 heterocycles. The lowest BCUT2D eigenvalue weighted by Gasteiger charge is -2.32. The Morgan fingerprint density at radius 3 is 2.29 bits per heavy atom. The van der Waals surface area contributed by atoms with Gasteiger partial charge in [-0.1, -0.05) is 0 Å². The predicted octanol–water partition coefficient (Wildman–Crippen LogP) is 0.847. The molecule has 0 saturated carbocycles. The molecule has 0 unspecified atom stereocenters. The van der Waals surface area contributed by atoms with E-state index >= 15 is 0 Å². The highest BCUT2D eigenvalue weighted by Gasteiger charge is 2.33. The molecule has 2 rings (SSSR count). The number of piperidine rings is 1. The van der Waals surface area contributed by atoms with Gasteiger partial charge in [-0.15, -0.1) is 0 Å². The maximum absolute atomic E-state index is 12.6. The summed E-state index contributed by atoms with van der Waals surface area (Å²) in [4.78, 5) is 12.6. The van der Waals surface area contributed by atoms with Gasteiger partial charge in [-0.25, -0.2) is 0 Å². The van der Waals surface area contributed by atoms with Crippen molar-refractivity contribution in [3.8, 4) is 17.2 Å². The minimum atomic E-state index is -3.52. The molecule has 1 aromatic rings. The minimum Gasteiger partial charge on any atom is -0.493 e. The summed E-state index contributed by atoms with van der Waals surface area (Å²) in [5.74, 6) is 0.939. The summed E-state index contributed by atoms with van der Waals surface area (Å²) >= 11 is 0. The maximum atomic E-state index is 12.6. The molecule has 158 valence electrons. The van der Waals surface area contributed by atoms with Crippen molar-refractivity contribution in [2.75, 3.05) is 48.5 Å². The van der Waals surface area contributed by atoms with Crippen molar-refractivity contribution >= 4 is 16.1 Å². The van der Waals surface area contributed by atoms with Crippen molar-refractivity contribution < 1.29 is 27.4 Å². The van der Waals surface area contributed by atoms with Gasteiger partial charge in [-0.05, 0) is 30.5 Å². The normalized spacial score (nSPS) is 18.0. The van der Waals surface area contributed by atoms with Gasteiger partial charge in [0.25, 0.3) is 10.2 Å². The van der Waals surface area contributed by atoms with Gasteiger partial charge in [-0.3, -0.25) is 4.79 Å². The number of methoxy groups -OCH3 is 3. The summed E-state index contributed by atoms with van der Waals surface area (Å²) in [5, 5.41) is 2.88. The Morgan fingerprint density at radius 1 is 1.18 bits per heavy atom. The van der Waals surface area contributed by atoms with Crippen LogP contribution in [-0.4, -0.2) is 71.4 Å². The summed E-state index contributed by atoms with van der Waals surface area (Å²) in [6.07, 6.45) is 1.30. The highest BCUT2D eigenvalue weighted by molar-refractivity contribution is 7.86. The van der Waals surface area contributed by atoms with Crippen molar-refractivity contribution in [2.24, 2.45) is 5.92 Å². The average Bonchev–Trinajstić information content (AvgIpc) is 2.70. The van der Waals surface area contributed by atoms with E-state index in [0.29, 0.717) is 36.6 Å². The fourth-order valence-electron chi connectivity index (χ4n) is 3.17. The van der Waals surface area contributed by atoms with E-state index in [2.05, 4.69) is 5.32 Å². The zero-order valence-electron chi connectivity index (χ0n) is 17.0. The van der Waals surface area contributed by atoms with Crippen molar-refractivity contribution in [2.45, 2.75) is 19.4 Å². The van der Waals surface area contributed by atoms with Crippen molar-refractivity contribution in [1.82, 2.24) is 13.9 Å². The second-order valence-corrected chi connectivity index (χ2v) is 8.88. The first-order chi connectivity index (χ1) is 13.2. The number of nitrogens with zero attached hydrogens (tertiary/aromatic N) is 2. The summed E-state index contributed by atoms with van der Waals surface area (Å²) < 4.78 is 43.1. The molecule has 0 aromatic heterocycles. The van der Waals surface area contributed by atoms with Crippen LogP contribution in [0, 0.1) is 5.92 Å². The average molecular weight is 416 g/mol. The predicted molar refractivity (Wildman–Crippen MR) is 105 cm³/mol. The zero-order chi connectivity index (χ0) is 20.9. The lowest BCUT2D eigenvalue weighted by Crippen LogP contribution is -2.48. The number of nitrogens with one attached hydrogen (secondary N) is 1. The zero-order valence-corrected chi connectivity index (χ0v) is 17.8. The van der Waals surface area contributed by atoms with Crippen LogP contribution in [0.15, 0.2) is 12.1 Å². The molecule has 1 N–H and O–H groups in total. The molecule has 1 aliphatic rings. The number of carbonyl (C=O) groups is 1. The van der Waals surface area contributed by atoms with E-state index in [4.69, 9.17) is 14.2 Å². The fraction of sp³-hybridized carbons (Fsp3) is 0.611. The molecule has 1 aromatic carbocycles. The molecule has 1 amide bonds. The summed E-state index contributed by atoms with van der Waals surface area (Å²) in [6, 6.07) is 3.54. The topological polar surface area (TPSA) is 97.4 Å². The third-order valence-corrected chi connectivity index (χ3v) is 6.64. The standard InChI is InChI=1S/C18H29N3O6S/c1-20(2)28(23,24)21-8-6-7-14(12-21)18(22)19-11-13-9-15(25-3)17(27-5)16(10-13)26-4/h9-10,14H,6-8,11-12H2,1-5H3,(H,19,22)/t14-/m1/s1. The Morgan fingerprint density at radius 2 is 1.79 bits per heavy atom. The van der Waals surface area contributed by atoms with Crippen LogP contribution in [0.1, 0.15) is 18.4 Å². The van der Waals surface area contributed by atoms with Gasteiger partial charge >= 0.3 is 0 Å². The summed E-state index contributed by atoms with van der Waals surface area (Å²) in [6.45, 7) is 0.880. The molecule has 0 spiro atoms. The second-order valence-electron chi connectivity index (χ2n) is 6.74. The number of rotatable bonds is 8. The van der Waals surface area contributed by atoms with Crippen LogP contribution in [-0.2, 0) is 21.5 Å². The Balaban J connectivity index is 2.06. The summed E-state index contributed by atoms with van der Waals surface area (Å²) in [5.41, 5.74) is 0.788. The maximum Gasteiger partial charge on any atom is 0.281 e. The molecule has 28 heavy (non-hydrogen) atoms. The molecule has 1 saturated heterocycles. The fourth-order valence-corrected chi connectivity index (χ4v) is 4.36. The van der Waals surface area contributed by atoms with Crippen LogP contribution < -0.4 is 19.5 Å². The van der Waals surface area contributed by atoms with Gasteiger partial charge in [0.2, 0.25) is 11.7 Å². The lowest BCUT2D eigenvalue weighted by molar-refractivity contribution is -0.126. The lowest BCUT2D eigenvalue weighted by atomic mass is 9.98. The number of ether oxygens (including phenoxy) is 3. The van der Waals surface area contributed by atoms with Crippen LogP contribution >= 0.6 is 0 Å². The first kappa shape index (κ1) is 22.3. The Labute approximate surface area is 166 Å². The first-order valence-electron chi connectivity index (χ1n) is 8.98. The third-order valence-electron chi connectivity index (χ3n) is 4.73. The Bertz CT molecular complexity index is 772. The molecular formula is C18H29N3O6S. The van der Waals surface area contributed by atoms with E-state index in [1.807, 2.05) is 0 Å². The monoisotopic (exact) mass is 415 g/mol. The van der Waals surface area contributed by atoms with Crippen molar-refractivity contribution in [1.29, 1.82) is 0 Å². The Hall–Kier alpha value is -2.04. The number of hydrogen-bond acceptors (Lipinski definition) is 6. The largest absolute Gasteiger partial charge is 0.493 e. The van der Waals surface area contributed by atoms with Gasteiger partial charge in [0, 0.05) is 33.7 Å². The molecule has 1 fully saturated rings. The quantitative estimate of drug-likeness (QED) is 0.676. The van der Waals surface area contributed by atoms with E-state index in [1.54, 1.807) is 12.1 Å². The summed E-state index contributed by atoms with van der Waals surface area (Å²) in [7, 11) is 4.04. The van der Waals surface area contributed by atoms with Gasteiger partial charge < -0.3 is 19.5 Å². The smallest absolute Gasteiger partial charge is 0.281 e. The van der Waals surface area contributed by atoms with Crippen LogP contribution in [0.3, 0.4) is 0 Å². The Kier molecular flexibility index (Phi) is 7.50. The third kappa shape index (κ3) is 4.86. The SMILES string of the molecule is COc1cc(CNC(=O)[C@@H]2CCCN(S(=O)(=O)N(C)C)C2)cc(OC)c1OC. The molecule has 0 radical (unpaired) electrons. The second kappa shape index (κ2) is 9.44. The van der Waals surface area contributed by atoms with Gasteiger partial charge in [0.1, 0.15) is 0 Å². The van der Waals surface area contributed by atoms with E-state index < -0.39 is 10.2 Å². The van der Waals surface area contributed by atoms with Gasteiger partial charge in [0.05, 0.1) is 27.2 Å². The number of carbonyl (C=O) groups excluding carboxylic acids is 1. The van der Waals surface area contributed by atoms with Crippen LogP contribution in [0.2, 0.25) is 0 Å². The van der Waals surface area contributed by atoms with E-state index in [1.165, 1.54) is 44.0 Å². The van der Waals surface area contributed by atoms with Crippen molar-refractivity contribution in [3.05, 3.63) is 17.7 Å². The molecule has 9 nitrogen and oxygen atoms in total. The van der Waals surface area contributed by atoms with E-state index in [-0.39, 0.29) is 24.9 Å². The molecule has 10 heteroatoms. The van der Waals surface area contributed by atoms with Crippen LogP contribution in [0.4, 0.5) is 0 Å². The minimum absolute atomic E-state index is 0.174. The number of benzene rings is 1. The van der Waals surface area contributed by atoms with Crippen molar-refractivity contribution in [3.63, 3.8) is 0 Å². The highest BCUT2D eigenvalue weighted by Crippen LogP contribution is 2.38. The van der Waals surface area contributed by atoms with Crippen LogP contribution in [0.5, 0.6) is 17.2 Å². The highest BCUT2D eigenvalue weighted by atomic mass is 32.2. The molecule has 1 aliphatic heterocycles. The van der Waals surface area contributed by atoms with Gasteiger partial charge in [0.15, 0.2) is 11.5 Å². The molecule has 0 bridgehead atoms. The van der Waals surface area contributed by atoms with E-state index in [9.17, 15) is 13.2 Å². The van der Waals surface area contributed by atoms with Crippen LogP contribution in [0.25, 0.3) is 0 Å². The van der Waals surface area contributed by atoms with Gasteiger partial charge in [-0.2, -0.15) is 17.0 Å². The van der Waals surface area contributed by atoms with E-state index in [0.717, 1.165) is 5.56 Å². The molecule has 0 aliphatic carbocycles. The molecule has 1 atom stereocenters.